The average molecular weight is 389 g/mol. The lowest BCUT2D eigenvalue weighted by Crippen LogP contribution is -2.33. The Labute approximate surface area is 176 Å². The molecule has 0 aliphatic heterocycles. The molecule has 0 spiro atoms. The van der Waals surface area contributed by atoms with Crippen LogP contribution in [0.5, 0.6) is 0 Å². The summed E-state index contributed by atoms with van der Waals surface area (Å²) < 4.78 is 0. The second-order valence-electron chi connectivity index (χ2n) is 8.05. The van der Waals surface area contributed by atoms with Gasteiger partial charge in [0.05, 0.1) is 0 Å². The highest BCUT2D eigenvalue weighted by Crippen LogP contribution is 2.27. The van der Waals surface area contributed by atoms with E-state index < -0.39 is 0 Å². The summed E-state index contributed by atoms with van der Waals surface area (Å²) in [6.07, 6.45) is 3.45. The molecule has 0 saturated carbocycles. The first-order chi connectivity index (χ1) is 14.2. The van der Waals surface area contributed by atoms with Crippen LogP contribution in [0.15, 0.2) is 72.8 Å². The summed E-state index contributed by atoms with van der Waals surface area (Å²) in [4.78, 5) is 2.51. The average Bonchev–Trinajstić information content (AvgIpc) is 2.76. The van der Waals surface area contributed by atoms with Crippen molar-refractivity contribution in [3.63, 3.8) is 0 Å². The van der Waals surface area contributed by atoms with E-state index in [2.05, 4.69) is 104 Å². The maximum Gasteiger partial charge on any atom is 0.0369 e. The lowest BCUT2D eigenvalue weighted by molar-refractivity contribution is 0.288. The molecule has 2 atom stereocenters. The van der Waals surface area contributed by atoms with Crippen molar-refractivity contribution >= 4 is 10.8 Å². The quantitative estimate of drug-likeness (QED) is 0.419. The van der Waals surface area contributed by atoms with E-state index in [0.717, 1.165) is 19.5 Å². The Morgan fingerprint density at radius 2 is 1.52 bits per heavy atom. The third-order valence-corrected chi connectivity index (χ3v) is 5.97. The Morgan fingerprint density at radius 3 is 2.28 bits per heavy atom. The van der Waals surface area contributed by atoms with E-state index >= 15 is 0 Å². The first-order valence-electron chi connectivity index (χ1n) is 11.2. The predicted octanol–water partition coefficient (Wildman–Crippen LogP) is 6.22. The fraction of sp³-hybridized carbons (Fsp3) is 0.407. The van der Waals surface area contributed by atoms with Crippen LogP contribution in [0.2, 0.25) is 0 Å². The number of nitrogens with zero attached hydrogens (tertiary/aromatic N) is 1. The molecule has 154 valence electrons. The van der Waals surface area contributed by atoms with Gasteiger partial charge in [-0.2, -0.15) is 0 Å². The second kappa shape index (κ2) is 11.1. The summed E-state index contributed by atoms with van der Waals surface area (Å²) in [7, 11) is 0. The molecule has 3 rings (SSSR count). The SMILES string of the molecule is CCN(CC)CCC[C@@H](C)N[C@H](Cc1ccccc1)c1cccc2ccccc12. The summed E-state index contributed by atoms with van der Waals surface area (Å²) in [5.74, 6) is 0. The molecule has 1 N–H and O–H groups in total. The molecular weight excluding hydrogens is 352 g/mol. The number of hydrogen-bond acceptors (Lipinski definition) is 2. The van der Waals surface area contributed by atoms with Crippen LogP contribution < -0.4 is 5.32 Å². The summed E-state index contributed by atoms with van der Waals surface area (Å²) in [6, 6.07) is 27.1. The minimum atomic E-state index is 0.312. The number of benzene rings is 3. The Balaban J connectivity index is 1.76. The van der Waals surface area contributed by atoms with Gasteiger partial charge in [-0.3, -0.25) is 0 Å². The van der Waals surface area contributed by atoms with Gasteiger partial charge in [0.15, 0.2) is 0 Å². The van der Waals surface area contributed by atoms with Crippen LogP contribution in [0.3, 0.4) is 0 Å². The highest BCUT2D eigenvalue weighted by atomic mass is 15.1. The van der Waals surface area contributed by atoms with Gasteiger partial charge in [0.2, 0.25) is 0 Å². The summed E-state index contributed by atoms with van der Waals surface area (Å²) in [5.41, 5.74) is 2.79. The molecule has 29 heavy (non-hydrogen) atoms. The summed E-state index contributed by atoms with van der Waals surface area (Å²) in [5, 5.41) is 6.64. The van der Waals surface area contributed by atoms with Gasteiger partial charge in [-0.25, -0.2) is 0 Å². The molecule has 0 aliphatic rings. The molecular formula is C27H36N2. The standard InChI is InChI=1S/C27H36N2/c1-4-29(5-2)20-12-13-22(3)28-27(21-23-14-7-6-8-15-23)26-19-11-17-24-16-9-10-18-25(24)26/h6-11,14-19,22,27-28H,4-5,12-13,20-21H2,1-3H3/t22-,27-/m1/s1. The van der Waals surface area contributed by atoms with Crippen molar-refractivity contribution in [1.29, 1.82) is 0 Å². The Hall–Kier alpha value is -2.16. The number of fused-ring (bicyclic) bond motifs is 1. The Kier molecular flexibility index (Phi) is 8.27. The van der Waals surface area contributed by atoms with Crippen molar-refractivity contribution in [3.05, 3.63) is 83.9 Å². The Morgan fingerprint density at radius 1 is 0.828 bits per heavy atom. The van der Waals surface area contributed by atoms with Crippen LogP contribution in [-0.2, 0) is 6.42 Å². The van der Waals surface area contributed by atoms with Crippen LogP contribution >= 0.6 is 0 Å². The molecule has 0 radical (unpaired) electrons. The predicted molar refractivity (Wildman–Crippen MR) is 126 cm³/mol. The normalized spacial score (nSPS) is 13.7. The zero-order valence-corrected chi connectivity index (χ0v) is 18.3. The van der Waals surface area contributed by atoms with E-state index in [1.807, 2.05) is 0 Å². The van der Waals surface area contributed by atoms with Gasteiger partial charge in [0, 0.05) is 12.1 Å². The van der Waals surface area contributed by atoms with Gasteiger partial charge in [-0.15, -0.1) is 0 Å². The van der Waals surface area contributed by atoms with E-state index in [4.69, 9.17) is 0 Å². The lowest BCUT2D eigenvalue weighted by atomic mass is 9.93. The molecule has 0 aliphatic carbocycles. The van der Waals surface area contributed by atoms with Gasteiger partial charge >= 0.3 is 0 Å². The van der Waals surface area contributed by atoms with Crippen molar-refractivity contribution in [2.75, 3.05) is 19.6 Å². The second-order valence-corrected chi connectivity index (χ2v) is 8.05. The van der Waals surface area contributed by atoms with Gasteiger partial charge in [-0.1, -0.05) is 86.6 Å². The maximum absolute atomic E-state index is 3.97. The van der Waals surface area contributed by atoms with Gasteiger partial charge in [-0.05, 0) is 67.7 Å². The smallest absolute Gasteiger partial charge is 0.0369 e. The molecule has 0 bridgehead atoms. The van der Waals surface area contributed by atoms with Crippen molar-refractivity contribution < 1.29 is 0 Å². The maximum atomic E-state index is 3.97. The first kappa shape index (κ1) is 21.5. The highest BCUT2D eigenvalue weighted by molar-refractivity contribution is 5.86. The van der Waals surface area contributed by atoms with Gasteiger partial charge in [0.25, 0.3) is 0 Å². The number of nitrogens with one attached hydrogen (secondary N) is 1. The fourth-order valence-corrected chi connectivity index (χ4v) is 4.25. The van der Waals surface area contributed by atoms with Crippen molar-refractivity contribution in [1.82, 2.24) is 10.2 Å². The minimum absolute atomic E-state index is 0.312. The molecule has 0 heterocycles. The van der Waals surface area contributed by atoms with Crippen LogP contribution in [0.25, 0.3) is 10.8 Å². The van der Waals surface area contributed by atoms with Gasteiger partial charge < -0.3 is 10.2 Å². The monoisotopic (exact) mass is 388 g/mol. The molecule has 3 aromatic carbocycles. The van der Waals surface area contributed by atoms with Crippen LogP contribution in [0.1, 0.15) is 50.8 Å². The molecule has 0 amide bonds. The zero-order chi connectivity index (χ0) is 20.5. The summed E-state index contributed by atoms with van der Waals surface area (Å²) in [6.45, 7) is 10.3. The first-order valence-corrected chi connectivity index (χ1v) is 11.2. The summed E-state index contributed by atoms with van der Waals surface area (Å²) >= 11 is 0. The Bertz CT molecular complexity index is 849. The number of hydrogen-bond donors (Lipinski definition) is 1. The zero-order valence-electron chi connectivity index (χ0n) is 18.3. The van der Waals surface area contributed by atoms with E-state index in [0.29, 0.717) is 12.1 Å². The van der Waals surface area contributed by atoms with Crippen molar-refractivity contribution in [2.24, 2.45) is 0 Å². The van der Waals surface area contributed by atoms with E-state index in [9.17, 15) is 0 Å². The third-order valence-electron chi connectivity index (χ3n) is 5.97. The van der Waals surface area contributed by atoms with E-state index in [1.165, 1.54) is 41.3 Å². The lowest BCUT2D eigenvalue weighted by Gasteiger charge is -2.26. The molecule has 3 aromatic rings. The number of rotatable bonds is 11. The highest BCUT2D eigenvalue weighted by Gasteiger charge is 2.17. The molecule has 2 heteroatoms. The van der Waals surface area contributed by atoms with Crippen LogP contribution in [0, 0.1) is 0 Å². The third kappa shape index (κ3) is 6.16. The van der Waals surface area contributed by atoms with E-state index in [-0.39, 0.29) is 0 Å². The molecule has 0 saturated heterocycles. The minimum Gasteiger partial charge on any atom is -0.307 e. The topological polar surface area (TPSA) is 15.3 Å². The molecule has 0 fully saturated rings. The van der Waals surface area contributed by atoms with Crippen LogP contribution in [0.4, 0.5) is 0 Å². The van der Waals surface area contributed by atoms with E-state index in [1.54, 1.807) is 0 Å². The van der Waals surface area contributed by atoms with Crippen molar-refractivity contribution in [2.45, 2.75) is 52.1 Å². The molecule has 0 unspecified atom stereocenters. The van der Waals surface area contributed by atoms with Crippen LogP contribution in [-0.4, -0.2) is 30.6 Å². The molecule has 0 aromatic heterocycles. The van der Waals surface area contributed by atoms with Crippen molar-refractivity contribution in [3.8, 4) is 0 Å². The fourth-order valence-electron chi connectivity index (χ4n) is 4.25. The largest absolute Gasteiger partial charge is 0.307 e. The molecule has 2 nitrogen and oxygen atoms in total. The van der Waals surface area contributed by atoms with Gasteiger partial charge in [0.1, 0.15) is 0 Å².